The number of nitrogens with zero attached hydrogens (tertiary/aromatic N) is 7. The summed E-state index contributed by atoms with van der Waals surface area (Å²) in [6.07, 6.45) is 0.0884. The molecule has 4 amide bonds. The van der Waals surface area contributed by atoms with Crippen LogP contribution in [0, 0.1) is 28.1 Å². The number of halogens is 1. The van der Waals surface area contributed by atoms with Crippen LogP contribution < -0.4 is 30.7 Å². The molecule has 0 spiro atoms. The summed E-state index contributed by atoms with van der Waals surface area (Å²) in [4.78, 5) is 70.5. The topological polar surface area (TPSA) is 183 Å². The maximum atomic E-state index is 13.5. The molecule has 3 aromatic carbocycles. The minimum atomic E-state index is -0.902. The van der Waals surface area contributed by atoms with Crippen LogP contribution in [0.15, 0.2) is 65.5 Å². The predicted molar refractivity (Wildman–Crippen MR) is 216 cm³/mol. The van der Waals surface area contributed by atoms with Crippen molar-refractivity contribution in [3.05, 3.63) is 87.2 Å². The van der Waals surface area contributed by atoms with Gasteiger partial charge in [0.1, 0.15) is 29.5 Å². The number of carbonyl (C=O) groups excluding carboxylic acids is 4. The van der Waals surface area contributed by atoms with Crippen LogP contribution >= 0.6 is 11.6 Å². The normalized spacial score (nSPS) is 22.7. The molecule has 0 bridgehead atoms. The molecule has 1 atom stereocenters. The Morgan fingerprint density at radius 3 is 2.26 bits per heavy atom. The molecular weight excluding hydrogens is 762 g/mol. The van der Waals surface area contributed by atoms with Gasteiger partial charge in [-0.1, -0.05) is 44.5 Å². The number of fused-ring (bicyclic) bond motifs is 1. The summed E-state index contributed by atoms with van der Waals surface area (Å²) in [6, 6.07) is 18.9. The molecule has 4 fully saturated rings. The van der Waals surface area contributed by atoms with Gasteiger partial charge < -0.3 is 24.8 Å². The number of aromatic nitrogens is 3. The molecule has 3 saturated heterocycles. The highest BCUT2D eigenvalue weighted by molar-refractivity contribution is 6.31. The van der Waals surface area contributed by atoms with E-state index in [0.29, 0.717) is 72.1 Å². The van der Waals surface area contributed by atoms with Crippen LogP contribution in [0.1, 0.15) is 62.5 Å². The van der Waals surface area contributed by atoms with E-state index in [1.54, 1.807) is 30.3 Å². The lowest BCUT2D eigenvalue weighted by Crippen LogP contribution is -2.74. The molecule has 15 nitrogen and oxygen atoms in total. The van der Waals surface area contributed by atoms with E-state index in [1.807, 2.05) is 40.1 Å². The summed E-state index contributed by atoms with van der Waals surface area (Å²) >= 11 is 6.24. The predicted octanol–water partition coefficient (Wildman–Crippen LogP) is 3.69. The number of piperidine rings is 1. The zero-order valence-electron chi connectivity index (χ0n) is 32.7. The van der Waals surface area contributed by atoms with Crippen molar-refractivity contribution in [2.45, 2.75) is 58.7 Å². The third-order valence-corrected chi connectivity index (χ3v) is 12.6. The Morgan fingerprint density at radius 1 is 0.914 bits per heavy atom. The zero-order chi connectivity index (χ0) is 41.1. The largest absolute Gasteiger partial charge is 0.489 e. The van der Waals surface area contributed by atoms with Gasteiger partial charge in [0.2, 0.25) is 11.8 Å². The molecule has 2 N–H and O–H groups in total. The summed E-state index contributed by atoms with van der Waals surface area (Å²) in [6.45, 7) is 11.8. The molecule has 1 aliphatic carbocycles. The molecule has 0 radical (unpaired) electrons. The Kier molecular flexibility index (Phi) is 9.87. The van der Waals surface area contributed by atoms with Crippen LogP contribution in [-0.2, 0) is 14.4 Å². The van der Waals surface area contributed by atoms with Gasteiger partial charge in [-0.2, -0.15) is 9.94 Å². The second-order valence-corrected chi connectivity index (χ2v) is 17.2. The number of amides is 4. The van der Waals surface area contributed by atoms with Gasteiger partial charge in [-0.15, -0.1) is 5.10 Å². The first kappa shape index (κ1) is 38.8. The van der Waals surface area contributed by atoms with E-state index in [-0.39, 0.29) is 59.5 Å². The van der Waals surface area contributed by atoms with E-state index in [2.05, 4.69) is 59.6 Å². The fourth-order valence-corrected chi connectivity index (χ4v) is 9.49. The summed E-state index contributed by atoms with van der Waals surface area (Å²) in [5.74, 6) is -0.599. The molecular formula is C42H44ClN9O6. The van der Waals surface area contributed by atoms with Crippen molar-refractivity contribution in [3.8, 4) is 11.8 Å². The number of hydrogen-bond acceptors (Lipinski definition) is 11. The second-order valence-electron chi connectivity index (χ2n) is 16.8. The van der Waals surface area contributed by atoms with E-state index in [9.17, 15) is 29.2 Å². The maximum absolute atomic E-state index is 13.5. The Hall–Kier alpha value is -6.01. The Labute approximate surface area is 339 Å². The third kappa shape index (κ3) is 6.89. The van der Waals surface area contributed by atoms with Crippen LogP contribution in [0.3, 0.4) is 0 Å². The fraction of sp³-hybridized carbons (Fsp3) is 0.429. The molecule has 300 valence electrons. The van der Waals surface area contributed by atoms with Crippen molar-refractivity contribution in [1.82, 2.24) is 30.5 Å². The molecule has 16 heteroatoms. The van der Waals surface area contributed by atoms with Gasteiger partial charge in [0.25, 0.3) is 17.4 Å². The first-order chi connectivity index (χ1) is 27.6. The molecule has 58 heavy (non-hydrogen) atoms. The van der Waals surface area contributed by atoms with Gasteiger partial charge in [-0.05, 0) is 61.0 Å². The van der Waals surface area contributed by atoms with Crippen molar-refractivity contribution in [3.63, 3.8) is 0 Å². The first-order valence-electron chi connectivity index (χ1n) is 19.4. The number of imide groups is 1. The SMILES string of the molecule is CC1(C)[C@H](NC(=O)c2ccc(N3CCN(C(=O)C4CN(c5ccc6nnn(C7CCC(=O)NC7=O)c(=O)c6c5)C4)CC3)cc2)C(C)(C)[C@H]1Oc1ccc(C#N)c(Cl)c1. The Morgan fingerprint density at radius 2 is 1.60 bits per heavy atom. The number of rotatable bonds is 8. The minimum absolute atomic E-state index is 0.102. The summed E-state index contributed by atoms with van der Waals surface area (Å²) in [7, 11) is 0. The molecule has 4 aliphatic rings. The maximum Gasteiger partial charge on any atom is 0.278 e. The van der Waals surface area contributed by atoms with Crippen LogP contribution in [0.5, 0.6) is 5.75 Å². The van der Waals surface area contributed by atoms with Crippen LogP contribution in [-0.4, -0.2) is 94.9 Å². The molecule has 1 saturated carbocycles. The number of nitrogens with one attached hydrogen (secondary N) is 2. The van der Waals surface area contributed by atoms with Crippen LogP contribution in [0.4, 0.5) is 11.4 Å². The molecule has 8 rings (SSSR count). The monoisotopic (exact) mass is 805 g/mol. The highest BCUT2D eigenvalue weighted by Gasteiger charge is 2.64. The van der Waals surface area contributed by atoms with Crippen LogP contribution in [0.25, 0.3) is 10.9 Å². The quantitative estimate of drug-likeness (QED) is 0.248. The highest BCUT2D eigenvalue weighted by Crippen LogP contribution is 2.55. The minimum Gasteiger partial charge on any atom is -0.489 e. The lowest BCUT2D eigenvalue weighted by Gasteiger charge is -2.63. The van der Waals surface area contributed by atoms with Crippen molar-refractivity contribution in [2.75, 3.05) is 49.1 Å². The number of ether oxygens (including phenoxy) is 1. The van der Waals surface area contributed by atoms with Gasteiger partial charge in [0.15, 0.2) is 0 Å². The average molecular weight is 806 g/mol. The van der Waals surface area contributed by atoms with E-state index < -0.39 is 17.5 Å². The van der Waals surface area contributed by atoms with Gasteiger partial charge in [0.05, 0.1) is 21.9 Å². The summed E-state index contributed by atoms with van der Waals surface area (Å²) in [5.41, 5.74) is 1.88. The van der Waals surface area contributed by atoms with Crippen LogP contribution in [0.2, 0.25) is 5.02 Å². The standard InChI is InChI=1S/C42H44ClN9O6/c1-41(2)39(42(3,4)40(41)58-29-11-7-25(21-44)31(43)20-29)46-35(54)24-5-8-27(9-6-24)49-15-17-50(18-16-49)37(56)26-22-51(23-26)28-10-12-32-30(19-28)38(57)52(48-47-32)33-13-14-34(53)45-36(33)55/h5-12,19-20,26,33,39-40H,13-18,22-23H2,1-4H3,(H,46,54)(H,45,53,55)/t33?,39-,40-. The molecule has 1 unspecified atom stereocenters. The van der Waals surface area contributed by atoms with E-state index in [0.717, 1.165) is 16.1 Å². The number of anilines is 2. The van der Waals surface area contributed by atoms with Crippen molar-refractivity contribution in [1.29, 1.82) is 5.26 Å². The van der Waals surface area contributed by atoms with Crippen molar-refractivity contribution < 1.29 is 23.9 Å². The average Bonchev–Trinajstić information content (AvgIpc) is 3.19. The van der Waals surface area contributed by atoms with Gasteiger partial charge in [-0.3, -0.25) is 29.3 Å². The molecule has 3 aliphatic heterocycles. The lowest BCUT2D eigenvalue weighted by molar-refractivity contribution is -0.164. The number of carbonyl (C=O) groups is 4. The Balaban J connectivity index is 0.825. The highest BCUT2D eigenvalue weighted by atomic mass is 35.5. The first-order valence-corrected chi connectivity index (χ1v) is 19.8. The number of nitriles is 1. The van der Waals surface area contributed by atoms with Gasteiger partial charge >= 0.3 is 0 Å². The number of piperazine rings is 1. The molecule has 4 aromatic rings. The second kappa shape index (κ2) is 14.7. The Bertz CT molecular complexity index is 2410. The summed E-state index contributed by atoms with van der Waals surface area (Å²) < 4.78 is 7.41. The lowest BCUT2D eigenvalue weighted by atomic mass is 9.49. The van der Waals surface area contributed by atoms with Gasteiger partial charge in [0, 0.05) is 85.6 Å². The molecule has 4 heterocycles. The van der Waals surface area contributed by atoms with E-state index in [1.165, 1.54) is 0 Å². The van der Waals surface area contributed by atoms with Gasteiger partial charge in [-0.25, -0.2) is 0 Å². The van der Waals surface area contributed by atoms with Crippen molar-refractivity contribution >= 4 is 57.5 Å². The smallest absolute Gasteiger partial charge is 0.278 e. The van der Waals surface area contributed by atoms with E-state index in [4.69, 9.17) is 16.3 Å². The fourth-order valence-electron chi connectivity index (χ4n) is 9.28. The number of benzene rings is 3. The molecule has 1 aromatic heterocycles. The third-order valence-electron chi connectivity index (χ3n) is 12.3. The zero-order valence-corrected chi connectivity index (χ0v) is 33.5. The van der Waals surface area contributed by atoms with E-state index >= 15 is 0 Å². The number of hydrogen-bond donors (Lipinski definition) is 2. The van der Waals surface area contributed by atoms with Crippen molar-refractivity contribution in [2.24, 2.45) is 16.7 Å². The summed E-state index contributed by atoms with van der Waals surface area (Å²) in [5, 5.41) is 23.5.